The molecule has 0 fully saturated rings. The summed E-state index contributed by atoms with van der Waals surface area (Å²) < 4.78 is 0. The molecule has 1 N–H and O–H groups in total. The van der Waals surface area contributed by atoms with Crippen molar-refractivity contribution in [1.82, 2.24) is 5.32 Å². The van der Waals surface area contributed by atoms with Crippen molar-refractivity contribution in [2.45, 2.75) is 32.4 Å². The van der Waals surface area contributed by atoms with Gasteiger partial charge in [0.15, 0.2) is 0 Å². The van der Waals surface area contributed by atoms with Crippen LogP contribution < -0.4 is 5.32 Å². The Labute approximate surface area is 109 Å². The van der Waals surface area contributed by atoms with Gasteiger partial charge in [0.2, 0.25) is 0 Å². The summed E-state index contributed by atoms with van der Waals surface area (Å²) >= 11 is 0. The maximum atomic E-state index is 3.69. The van der Waals surface area contributed by atoms with Crippen molar-refractivity contribution in [1.29, 1.82) is 0 Å². The molecular weight excluding hydrogens is 218 g/mol. The molecule has 0 amide bonds. The molecule has 0 aliphatic heterocycles. The number of rotatable bonds is 3. The van der Waals surface area contributed by atoms with E-state index >= 15 is 0 Å². The minimum atomic E-state index is 0.599. The van der Waals surface area contributed by atoms with Crippen molar-refractivity contribution in [3.8, 4) is 0 Å². The van der Waals surface area contributed by atoms with Crippen molar-refractivity contribution in [3.63, 3.8) is 0 Å². The van der Waals surface area contributed by atoms with Crippen LogP contribution >= 0.6 is 0 Å². The molecule has 2 aromatic rings. The third-order valence-electron chi connectivity index (χ3n) is 3.89. The normalized spacial score (nSPS) is 14.7. The SMILES string of the molecule is Cc1ccccc1CNC1Cc2ccccc2C1. The van der Waals surface area contributed by atoms with Crippen molar-refractivity contribution in [2.75, 3.05) is 0 Å². The number of fused-ring (bicyclic) bond motifs is 1. The second kappa shape index (κ2) is 4.95. The summed E-state index contributed by atoms with van der Waals surface area (Å²) in [4.78, 5) is 0. The van der Waals surface area contributed by atoms with Crippen LogP contribution in [0, 0.1) is 6.92 Å². The van der Waals surface area contributed by atoms with Crippen LogP contribution in [0.2, 0.25) is 0 Å². The average molecular weight is 237 g/mol. The highest BCUT2D eigenvalue weighted by Gasteiger charge is 2.20. The van der Waals surface area contributed by atoms with Crippen LogP contribution in [0.4, 0.5) is 0 Å². The molecule has 1 aliphatic rings. The van der Waals surface area contributed by atoms with Gasteiger partial charge in [0.1, 0.15) is 0 Å². The van der Waals surface area contributed by atoms with Gasteiger partial charge in [-0.2, -0.15) is 0 Å². The van der Waals surface area contributed by atoms with Gasteiger partial charge < -0.3 is 5.32 Å². The van der Waals surface area contributed by atoms with Gasteiger partial charge >= 0.3 is 0 Å². The minimum Gasteiger partial charge on any atom is -0.309 e. The fourth-order valence-corrected chi connectivity index (χ4v) is 2.77. The molecule has 0 bridgehead atoms. The minimum absolute atomic E-state index is 0.599. The Morgan fingerprint density at radius 2 is 1.56 bits per heavy atom. The summed E-state index contributed by atoms with van der Waals surface area (Å²) in [5, 5.41) is 3.69. The smallest absolute Gasteiger partial charge is 0.0210 e. The Bertz CT molecular complexity index is 520. The van der Waals surface area contributed by atoms with E-state index in [0.717, 1.165) is 6.54 Å². The number of aryl methyl sites for hydroxylation is 1. The van der Waals surface area contributed by atoms with Gasteiger partial charge in [-0.1, -0.05) is 48.5 Å². The van der Waals surface area contributed by atoms with Crippen LogP contribution in [0.5, 0.6) is 0 Å². The van der Waals surface area contributed by atoms with Crippen molar-refractivity contribution in [3.05, 3.63) is 70.8 Å². The molecule has 0 atom stereocenters. The van der Waals surface area contributed by atoms with Gasteiger partial charge in [0, 0.05) is 12.6 Å². The largest absolute Gasteiger partial charge is 0.309 e. The van der Waals surface area contributed by atoms with E-state index in [-0.39, 0.29) is 0 Å². The van der Waals surface area contributed by atoms with Crippen molar-refractivity contribution < 1.29 is 0 Å². The second-order valence-electron chi connectivity index (χ2n) is 5.18. The fourth-order valence-electron chi connectivity index (χ4n) is 2.77. The molecule has 0 unspecified atom stereocenters. The molecule has 0 saturated carbocycles. The summed E-state index contributed by atoms with van der Waals surface area (Å²) in [6.07, 6.45) is 2.34. The first-order chi connectivity index (χ1) is 8.83. The summed E-state index contributed by atoms with van der Waals surface area (Å²) in [5.74, 6) is 0. The van der Waals surface area contributed by atoms with Gasteiger partial charge in [0.25, 0.3) is 0 Å². The van der Waals surface area contributed by atoms with Gasteiger partial charge in [-0.05, 0) is 42.0 Å². The Balaban J connectivity index is 1.62. The van der Waals surface area contributed by atoms with Crippen LogP contribution in [-0.2, 0) is 19.4 Å². The molecule has 18 heavy (non-hydrogen) atoms. The van der Waals surface area contributed by atoms with E-state index in [0.29, 0.717) is 6.04 Å². The maximum Gasteiger partial charge on any atom is 0.0210 e. The van der Waals surface area contributed by atoms with Crippen LogP contribution in [0.1, 0.15) is 22.3 Å². The zero-order valence-corrected chi connectivity index (χ0v) is 10.8. The number of benzene rings is 2. The lowest BCUT2D eigenvalue weighted by molar-refractivity contribution is 0.532. The quantitative estimate of drug-likeness (QED) is 0.864. The van der Waals surface area contributed by atoms with Gasteiger partial charge in [0.05, 0.1) is 0 Å². The number of nitrogens with one attached hydrogen (secondary N) is 1. The van der Waals surface area contributed by atoms with Crippen molar-refractivity contribution in [2.24, 2.45) is 0 Å². The molecule has 3 rings (SSSR count). The fraction of sp³-hybridized carbons (Fsp3) is 0.294. The predicted molar refractivity (Wildman–Crippen MR) is 75.7 cm³/mol. The number of hydrogen-bond acceptors (Lipinski definition) is 1. The highest BCUT2D eigenvalue weighted by molar-refractivity contribution is 5.33. The van der Waals surface area contributed by atoms with Gasteiger partial charge in [-0.15, -0.1) is 0 Å². The van der Waals surface area contributed by atoms with E-state index < -0.39 is 0 Å². The first kappa shape index (κ1) is 11.5. The molecule has 0 heterocycles. The lowest BCUT2D eigenvalue weighted by Crippen LogP contribution is -2.29. The van der Waals surface area contributed by atoms with E-state index in [1.54, 1.807) is 0 Å². The van der Waals surface area contributed by atoms with Crippen molar-refractivity contribution >= 4 is 0 Å². The van der Waals surface area contributed by atoms with E-state index in [9.17, 15) is 0 Å². The van der Waals surface area contributed by atoms with E-state index in [4.69, 9.17) is 0 Å². The van der Waals surface area contributed by atoms with Gasteiger partial charge in [-0.25, -0.2) is 0 Å². The third-order valence-corrected chi connectivity index (χ3v) is 3.89. The topological polar surface area (TPSA) is 12.0 Å². The monoisotopic (exact) mass is 237 g/mol. The van der Waals surface area contributed by atoms with E-state index in [1.807, 2.05) is 0 Å². The Hall–Kier alpha value is -1.60. The Kier molecular flexibility index (Phi) is 3.16. The molecule has 0 saturated heterocycles. The van der Waals surface area contributed by atoms with Crippen LogP contribution in [0.25, 0.3) is 0 Å². The van der Waals surface area contributed by atoms with Crippen LogP contribution in [-0.4, -0.2) is 6.04 Å². The zero-order chi connectivity index (χ0) is 12.4. The lowest BCUT2D eigenvalue weighted by Gasteiger charge is -2.13. The first-order valence-corrected chi connectivity index (χ1v) is 6.67. The zero-order valence-electron chi connectivity index (χ0n) is 10.8. The van der Waals surface area contributed by atoms with E-state index in [2.05, 4.69) is 60.8 Å². The molecule has 2 aromatic carbocycles. The van der Waals surface area contributed by atoms with E-state index in [1.165, 1.54) is 35.1 Å². The second-order valence-corrected chi connectivity index (χ2v) is 5.18. The number of hydrogen-bond donors (Lipinski definition) is 1. The lowest BCUT2D eigenvalue weighted by atomic mass is 10.1. The highest BCUT2D eigenvalue weighted by atomic mass is 14.9. The molecule has 0 radical (unpaired) electrons. The summed E-state index contributed by atoms with van der Waals surface area (Å²) in [5.41, 5.74) is 5.81. The molecule has 1 heteroatoms. The molecule has 1 aliphatic carbocycles. The summed E-state index contributed by atoms with van der Waals surface area (Å²) in [6, 6.07) is 18.0. The highest BCUT2D eigenvalue weighted by Crippen LogP contribution is 2.22. The summed E-state index contributed by atoms with van der Waals surface area (Å²) in [7, 11) is 0. The third kappa shape index (κ3) is 2.32. The predicted octanol–water partition coefficient (Wildman–Crippen LogP) is 3.25. The first-order valence-electron chi connectivity index (χ1n) is 6.67. The molecule has 0 aromatic heterocycles. The van der Waals surface area contributed by atoms with Crippen LogP contribution in [0.15, 0.2) is 48.5 Å². The maximum absolute atomic E-state index is 3.69. The van der Waals surface area contributed by atoms with Crippen LogP contribution in [0.3, 0.4) is 0 Å². The molecule has 1 nitrogen and oxygen atoms in total. The van der Waals surface area contributed by atoms with Gasteiger partial charge in [-0.3, -0.25) is 0 Å². The average Bonchev–Trinajstić information content (AvgIpc) is 2.80. The molecular formula is C17H19N. The molecule has 0 spiro atoms. The molecule has 92 valence electrons. The Morgan fingerprint density at radius 1 is 0.944 bits per heavy atom. The summed E-state index contributed by atoms with van der Waals surface area (Å²) in [6.45, 7) is 3.16. The standard InChI is InChI=1S/C17H19N/c1-13-6-2-3-9-16(13)12-18-17-10-14-7-4-5-8-15(14)11-17/h2-9,17-18H,10-12H2,1H3. The Morgan fingerprint density at radius 3 is 2.22 bits per heavy atom.